The zero-order valence-electron chi connectivity index (χ0n) is 8.73. The van der Waals surface area contributed by atoms with E-state index in [-0.39, 0.29) is 0 Å². The largest absolute Gasteiger partial charge is 0.255 e. The van der Waals surface area contributed by atoms with Crippen molar-refractivity contribution in [2.75, 3.05) is 6.54 Å². The highest BCUT2D eigenvalue weighted by molar-refractivity contribution is 14.2. The number of nitrogens with one attached hydrogen (secondary N) is 1. The Hall–Kier alpha value is 0.780. The van der Waals surface area contributed by atoms with Crippen LogP contribution < -0.4 is 4.72 Å². The number of halogens is 1. The van der Waals surface area contributed by atoms with Gasteiger partial charge in [0.2, 0.25) is 0 Å². The van der Waals surface area contributed by atoms with Gasteiger partial charge in [0.05, 0.1) is 0 Å². The monoisotopic (exact) mass is 325 g/mol. The summed E-state index contributed by atoms with van der Waals surface area (Å²) in [5, 5.41) is 0. The molecule has 0 aromatic heterocycles. The summed E-state index contributed by atoms with van der Waals surface area (Å²) in [6.45, 7) is 4.98. The highest BCUT2D eigenvalue weighted by Crippen LogP contribution is 2.42. The molecule has 1 saturated carbocycles. The predicted molar refractivity (Wildman–Crippen MR) is 74.6 cm³/mol. The van der Waals surface area contributed by atoms with Gasteiger partial charge in [-0.15, -0.1) is 6.58 Å². The van der Waals surface area contributed by atoms with Crippen LogP contribution >= 0.6 is 30.3 Å². The zero-order chi connectivity index (χ0) is 10.3. The molecule has 1 nitrogen and oxygen atoms in total. The van der Waals surface area contributed by atoms with Gasteiger partial charge in [-0.25, -0.2) is 0 Å². The maximum atomic E-state index is 3.79. The molecule has 0 radical (unpaired) electrons. The second-order valence-electron chi connectivity index (χ2n) is 4.29. The summed E-state index contributed by atoms with van der Waals surface area (Å²) in [5.41, 5.74) is 0.612. The lowest BCUT2D eigenvalue weighted by molar-refractivity contribution is 0.269. The second kappa shape index (κ2) is 7.12. The fourth-order valence-corrected chi connectivity index (χ4v) is 3.27. The summed E-state index contributed by atoms with van der Waals surface area (Å²) in [5.74, 6) is 0. The average Bonchev–Trinajstić information content (AvgIpc) is 2.65. The van der Waals surface area contributed by atoms with E-state index in [1.165, 1.54) is 51.5 Å². The van der Waals surface area contributed by atoms with Crippen molar-refractivity contribution >= 4 is 30.3 Å². The lowest BCUT2D eigenvalue weighted by Gasteiger charge is -2.28. The first-order valence-electron chi connectivity index (χ1n) is 5.44. The van der Waals surface area contributed by atoms with Gasteiger partial charge in [-0.2, -0.15) is 0 Å². The molecule has 0 aliphatic heterocycles. The lowest BCUT2D eigenvalue weighted by atomic mass is 9.81. The van der Waals surface area contributed by atoms with E-state index in [1.807, 2.05) is 6.08 Å². The Morgan fingerprint density at radius 1 is 1.43 bits per heavy atom. The van der Waals surface area contributed by atoms with Crippen LogP contribution in [0.5, 0.6) is 0 Å². The van der Waals surface area contributed by atoms with Crippen molar-refractivity contribution in [1.82, 2.24) is 4.72 Å². The van der Waals surface area contributed by atoms with Crippen LogP contribution in [0.3, 0.4) is 0 Å². The summed E-state index contributed by atoms with van der Waals surface area (Å²) in [4.78, 5) is 0. The SMILES string of the molecule is C=CCCCC1(CNSI)CCCC1. The van der Waals surface area contributed by atoms with Crippen LogP contribution in [0.1, 0.15) is 44.9 Å². The molecule has 1 fully saturated rings. The van der Waals surface area contributed by atoms with E-state index in [0.29, 0.717) is 5.41 Å². The Balaban J connectivity index is 2.32. The van der Waals surface area contributed by atoms with Crippen molar-refractivity contribution in [1.29, 1.82) is 0 Å². The highest BCUT2D eigenvalue weighted by Gasteiger charge is 2.32. The molecule has 0 amide bonds. The predicted octanol–water partition coefficient (Wildman–Crippen LogP) is 4.49. The van der Waals surface area contributed by atoms with Crippen LogP contribution in [0.2, 0.25) is 0 Å². The van der Waals surface area contributed by atoms with Crippen molar-refractivity contribution in [3.63, 3.8) is 0 Å². The molecule has 1 N–H and O–H groups in total. The third-order valence-corrected chi connectivity index (χ3v) is 4.47. The van der Waals surface area contributed by atoms with Crippen molar-refractivity contribution in [3.8, 4) is 0 Å². The van der Waals surface area contributed by atoms with E-state index in [1.54, 1.807) is 9.12 Å². The Labute approximate surface area is 104 Å². The number of unbranched alkanes of at least 4 members (excludes halogenated alkanes) is 1. The summed E-state index contributed by atoms with van der Waals surface area (Å²) in [7, 11) is 1.73. The van der Waals surface area contributed by atoms with Crippen molar-refractivity contribution in [2.45, 2.75) is 44.9 Å². The second-order valence-corrected chi connectivity index (χ2v) is 6.05. The molecule has 0 atom stereocenters. The van der Waals surface area contributed by atoms with Gasteiger partial charge in [0.1, 0.15) is 0 Å². The first kappa shape index (κ1) is 12.8. The van der Waals surface area contributed by atoms with E-state index in [9.17, 15) is 0 Å². The van der Waals surface area contributed by atoms with Gasteiger partial charge >= 0.3 is 0 Å². The lowest BCUT2D eigenvalue weighted by Crippen LogP contribution is -2.28. The minimum atomic E-state index is 0.612. The molecule has 82 valence electrons. The van der Waals surface area contributed by atoms with Crippen LogP contribution in [0.25, 0.3) is 0 Å². The fraction of sp³-hybridized carbons (Fsp3) is 0.818. The van der Waals surface area contributed by atoms with Crippen molar-refractivity contribution in [3.05, 3.63) is 12.7 Å². The van der Waals surface area contributed by atoms with Gasteiger partial charge in [-0.1, -0.05) is 18.9 Å². The minimum Gasteiger partial charge on any atom is -0.255 e. The van der Waals surface area contributed by atoms with Gasteiger partial charge in [0.15, 0.2) is 0 Å². The van der Waals surface area contributed by atoms with Gasteiger partial charge < -0.3 is 0 Å². The van der Waals surface area contributed by atoms with Crippen LogP contribution in [0.15, 0.2) is 12.7 Å². The Morgan fingerprint density at radius 3 is 2.71 bits per heavy atom. The highest BCUT2D eigenvalue weighted by atomic mass is 127. The molecular formula is C11H20INS. The number of allylic oxidation sites excluding steroid dienone is 1. The van der Waals surface area contributed by atoms with Gasteiger partial charge in [0, 0.05) is 27.8 Å². The van der Waals surface area contributed by atoms with E-state index in [4.69, 9.17) is 0 Å². The Bertz CT molecular complexity index is 167. The molecule has 0 spiro atoms. The Kier molecular flexibility index (Phi) is 6.53. The van der Waals surface area contributed by atoms with Crippen molar-refractivity contribution < 1.29 is 0 Å². The zero-order valence-corrected chi connectivity index (χ0v) is 11.7. The van der Waals surface area contributed by atoms with E-state index in [2.05, 4.69) is 32.5 Å². The van der Waals surface area contributed by atoms with Crippen molar-refractivity contribution in [2.24, 2.45) is 5.41 Å². The first-order chi connectivity index (χ1) is 6.83. The van der Waals surface area contributed by atoms with Crippen LogP contribution in [-0.4, -0.2) is 6.54 Å². The first-order valence-corrected chi connectivity index (χ1v) is 8.80. The molecule has 1 aliphatic rings. The van der Waals surface area contributed by atoms with Gasteiger partial charge in [-0.3, -0.25) is 4.72 Å². The standard InChI is InChI=1S/C11H20INS/c1-2-3-4-7-11(10-13-14-12)8-5-6-9-11/h2,13H,1,3-10H2. The topological polar surface area (TPSA) is 12.0 Å². The van der Waals surface area contributed by atoms with Gasteiger partial charge in [-0.05, 0) is 46.6 Å². The summed E-state index contributed by atoms with van der Waals surface area (Å²) < 4.78 is 3.44. The fourth-order valence-electron chi connectivity index (χ4n) is 2.44. The summed E-state index contributed by atoms with van der Waals surface area (Å²) >= 11 is 2.31. The molecular weight excluding hydrogens is 305 g/mol. The Morgan fingerprint density at radius 2 is 2.14 bits per heavy atom. The molecule has 0 unspecified atom stereocenters. The van der Waals surface area contributed by atoms with E-state index < -0.39 is 0 Å². The van der Waals surface area contributed by atoms with Crippen LogP contribution in [-0.2, 0) is 0 Å². The minimum absolute atomic E-state index is 0.612. The maximum absolute atomic E-state index is 3.79. The smallest absolute Gasteiger partial charge is 0.0143 e. The molecule has 0 saturated heterocycles. The van der Waals surface area contributed by atoms with Gasteiger partial charge in [0.25, 0.3) is 0 Å². The quantitative estimate of drug-likeness (QED) is 0.320. The van der Waals surface area contributed by atoms with Crippen LogP contribution in [0, 0.1) is 5.41 Å². The molecule has 1 rings (SSSR count). The molecule has 0 aromatic rings. The molecule has 0 bridgehead atoms. The number of hydrogen-bond donors (Lipinski definition) is 1. The molecule has 0 heterocycles. The third kappa shape index (κ3) is 4.11. The van der Waals surface area contributed by atoms with E-state index >= 15 is 0 Å². The molecule has 3 heteroatoms. The summed E-state index contributed by atoms with van der Waals surface area (Å²) in [6.07, 6.45) is 11.6. The summed E-state index contributed by atoms with van der Waals surface area (Å²) in [6, 6.07) is 0. The normalized spacial score (nSPS) is 19.8. The van der Waals surface area contributed by atoms with E-state index in [0.717, 1.165) is 0 Å². The third-order valence-electron chi connectivity index (χ3n) is 3.28. The number of hydrogen-bond acceptors (Lipinski definition) is 2. The molecule has 14 heavy (non-hydrogen) atoms. The average molecular weight is 325 g/mol. The number of rotatable bonds is 7. The molecule has 1 aliphatic carbocycles. The van der Waals surface area contributed by atoms with Crippen LogP contribution in [0.4, 0.5) is 0 Å². The maximum Gasteiger partial charge on any atom is 0.0143 e. The molecule has 0 aromatic carbocycles.